The SMILES string of the molecule is COC(=O)c1cc(N)ccc1N1CCCC1C(C)C. The monoisotopic (exact) mass is 262 g/mol. The van der Waals surface area contributed by atoms with E-state index in [1.165, 1.54) is 13.5 Å². The molecule has 0 saturated carbocycles. The highest BCUT2D eigenvalue weighted by molar-refractivity contribution is 5.97. The predicted molar refractivity (Wildman–Crippen MR) is 77.4 cm³/mol. The number of carbonyl (C=O) groups is 1. The highest BCUT2D eigenvalue weighted by Crippen LogP contribution is 2.33. The Kier molecular flexibility index (Phi) is 3.98. The maximum atomic E-state index is 11.9. The van der Waals surface area contributed by atoms with Crippen LogP contribution >= 0.6 is 0 Å². The largest absolute Gasteiger partial charge is 0.465 e. The fourth-order valence-corrected chi connectivity index (χ4v) is 2.86. The van der Waals surface area contributed by atoms with Crippen LogP contribution in [0.3, 0.4) is 0 Å². The summed E-state index contributed by atoms with van der Waals surface area (Å²) in [7, 11) is 1.40. The maximum Gasteiger partial charge on any atom is 0.340 e. The molecule has 104 valence electrons. The van der Waals surface area contributed by atoms with E-state index in [4.69, 9.17) is 10.5 Å². The van der Waals surface area contributed by atoms with E-state index < -0.39 is 0 Å². The third-order valence-corrected chi connectivity index (χ3v) is 3.80. The van der Waals surface area contributed by atoms with Gasteiger partial charge in [-0.3, -0.25) is 0 Å². The van der Waals surface area contributed by atoms with Crippen molar-refractivity contribution in [2.24, 2.45) is 5.92 Å². The number of nitrogen functional groups attached to an aromatic ring is 1. The lowest BCUT2D eigenvalue weighted by molar-refractivity contribution is 0.0601. The first-order valence-electron chi connectivity index (χ1n) is 6.79. The molecule has 0 aromatic heterocycles. The Labute approximate surface area is 114 Å². The number of esters is 1. The van der Waals surface area contributed by atoms with E-state index in [0.717, 1.165) is 18.7 Å². The molecule has 2 rings (SSSR count). The van der Waals surface area contributed by atoms with Crippen LogP contribution in [0.1, 0.15) is 37.0 Å². The van der Waals surface area contributed by atoms with Crippen LogP contribution in [0.4, 0.5) is 11.4 Å². The second-order valence-corrected chi connectivity index (χ2v) is 5.42. The lowest BCUT2D eigenvalue weighted by Gasteiger charge is -2.31. The van der Waals surface area contributed by atoms with Gasteiger partial charge in [-0.15, -0.1) is 0 Å². The van der Waals surface area contributed by atoms with Gasteiger partial charge in [0.15, 0.2) is 0 Å². The molecule has 1 heterocycles. The molecule has 0 spiro atoms. The van der Waals surface area contributed by atoms with Gasteiger partial charge < -0.3 is 15.4 Å². The minimum atomic E-state index is -0.322. The van der Waals surface area contributed by atoms with Crippen molar-refractivity contribution < 1.29 is 9.53 Å². The molecule has 4 heteroatoms. The van der Waals surface area contributed by atoms with Crippen molar-refractivity contribution in [3.05, 3.63) is 23.8 Å². The summed E-state index contributed by atoms with van der Waals surface area (Å²) in [5.74, 6) is 0.238. The van der Waals surface area contributed by atoms with Crippen LogP contribution in [0.15, 0.2) is 18.2 Å². The summed E-state index contributed by atoms with van der Waals surface area (Å²) >= 11 is 0. The van der Waals surface area contributed by atoms with Gasteiger partial charge in [0.25, 0.3) is 0 Å². The molecule has 2 N–H and O–H groups in total. The Balaban J connectivity index is 2.41. The zero-order chi connectivity index (χ0) is 14.0. The Morgan fingerprint density at radius 1 is 1.47 bits per heavy atom. The van der Waals surface area contributed by atoms with E-state index in [0.29, 0.717) is 23.2 Å². The summed E-state index contributed by atoms with van der Waals surface area (Å²) in [4.78, 5) is 14.2. The minimum absolute atomic E-state index is 0.322. The van der Waals surface area contributed by atoms with E-state index in [1.807, 2.05) is 12.1 Å². The van der Waals surface area contributed by atoms with E-state index in [-0.39, 0.29) is 5.97 Å². The molecule has 0 bridgehead atoms. The molecule has 0 aliphatic carbocycles. The van der Waals surface area contributed by atoms with Crippen molar-refractivity contribution in [3.63, 3.8) is 0 Å². The predicted octanol–water partition coefficient (Wildman–Crippen LogP) is 2.68. The number of hydrogen-bond acceptors (Lipinski definition) is 4. The minimum Gasteiger partial charge on any atom is -0.465 e. The molecule has 0 amide bonds. The summed E-state index contributed by atoms with van der Waals surface area (Å²) in [5.41, 5.74) is 7.88. The topological polar surface area (TPSA) is 55.6 Å². The normalized spacial score (nSPS) is 18.9. The lowest BCUT2D eigenvalue weighted by Crippen LogP contribution is -2.34. The van der Waals surface area contributed by atoms with Crippen molar-refractivity contribution in [2.45, 2.75) is 32.7 Å². The van der Waals surface area contributed by atoms with Gasteiger partial charge in [-0.1, -0.05) is 13.8 Å². The van der Waals surface area contributed by atoms with Crippen LogP contribution in [-0.4, -0.2) is 25.7 Å². The van der Waals surface area contributed by atoms with Gasteiger partial charge in [-0.2, -0.15) is 0 Å². The number of nitrogens with two attached hydrogens (primary N) is 1. The van der Waals surface area contributed by atoms with Crippen molar-refractivity contribution in [3.8, 4) is 0 Å². The van der Waals surface area contributed by atoms with Gasteiger partial charge in [0, 0.05) is 18.3 Å². The smallest absolute Gasteiger partial charge is 0.340 e. The van der Waals surface area contributed by atoms with Gasteiger partial charge >= 0.3 is 5.97 Å². The molecule has 1 aromatic rings. The zero-order valence-electron chi connectivity index (χ0n) is 11.8. The average molecular weight is 262 g/mol. The summed E-state index contributed by atoms with van der Waals surface area (Å²) in [5, 5.41) is 0. The number of ether oxygens (including phenoxy) is 1. The molecular formula is C15H22N2O2. The van der Waals surface area contributed by atoms with E-state index in [9.17, 15) is 4.79 Å². The highest BCUT2D eigenvalue weighted by Gasteiger charge is 2.30. The number of benzene rings is 1. The third kappa shape index (κ3) is 2.67. The molecular weight excluding hydrogens is 240 g/mol. The van der Waals surface area contributed by atoms with Crippen LogP contribution in [0.5, 0.6) is 0 Å². The Bertz CT molecular complexity index is 471. The molecule has 1 unspecified atom stereocenters. The number of anilines is 2. The van der Waals surface area contributed by atoms with Gasteiger partial charge in [0.2, 0.25) is 0 Å². The Morgan fingerprint density at radius 2 is 2.21 bits per heavy atom. The summed E-state index contributed by atoms with van der Waals surface area (Å²) in [6.07, 6.45) is 2.33. The molecule has 1 saturated heterocycles. The van der Waals surface area contributed by atoms with E-state index in [2.05, 4.69) is 18.7 Å². The molecule has 1 atom stereocenters. The van der Waals surface area contributed by atoms with Crippen LogP contribution < -0.4 is 10.6 Å². The number of carbonyl (C=O) groups excluding carboxylic acids is 1. The first-order valence-corrected chi connectivity index (χ1v) is 6.79. The van der Waals surface area contributed by atoms with E-state index >= 15 is 0 Å². The number of hydrogen-bond donors (Lipinski definition) is 1. The average Bonchev–Trinajstić information content (AvgIpc) is 2.87. The molecule has 4 nitrogen and oxygen atoms in total. The zero-order valence-corrected chi connectivity index (χ0v) is 11.8. The maximum absolute atomic E-state index is 11.9. The molecule has 1 aliphatic heterocycles. The first kappa shape index (κ1) is 13.7. The van der Waals surface area contributed by atoms with Crippen LogP contribution in [-0.2, 0) is 4.74 Å². The highest BCUT2D eigenvalue weighted by atomic mass is 16.5. The summed E-state index contributed by atoms with van der Waals surface area (Å²) in [6.45, 7) is 5.42. The van der Waals surface area contributed by atoms with Crippen molar-refractivity contribution >= 4 is 17.3 Å². The van der Waals surface area contributed by atoms with Gasteiger partial charge in [-0.05, 0) is 37.0 Å². The van der Waals surface area contributed by atoms with Gasteiger partial charge in [0.1, 0.15) is 0 Å². The van der Waals surface area contributed by atoms with Crippen LogP contribution in [0.25, 0.3) is 0 Å². The second-order valence-electron chi connectivity index (χ2n) is 5.42. The molecule has 1 aromatic carbocycles. The molecule has 19 heavy (non-hydrogen) atoms. The number of rotatable bonds is 3. The number of methoxy groups -OCH3 is 1. The second kappa shape index (κ2) is 5.51. The fraction of sp³-hybridized carbons (Fsp3) is 0.533. The van der Waals surface area contributed by atoms with E-state index in [1.54, 1.807) is 6.07 Å². The first-order chi connectivity index (χ1) is 9.04. The fourth-order valence-electron chi connectivity index (χ4n) is 2.86. The summed E-state index contributed by atoms with van der Waals surface area (Å²) in [6, 6.07) is 5.96. The standard InChI is InChI=1S/C15H22N2O2/c1-10(2)13-5-4-8-17(13)14-7-6-11(16)9-12(14)15(18)19-3/h6-7,9-10,13H,4-5,8,16H2,1-3H3. The van der Waals surface area contributed by atoms with Crippen LogP contribution in [0, 0.1) is 5.92 Å². The van der Waals surface area contributed by atoms with Crippen molar-refractivity contribution in [1.82, 2.24) is 0 Å². The molecule has 0 radical (unpaired) electrons. The van der Waals surface area contributed by atoms with Gasteiger partial charge in [-0.25, -0.2) is 4.79 Å². The molecule has 1 aliphatic rings. The Morgan fingerprint density at radius 3 is 2.84 bits per heavy atom. The number of nitrogens with zero attached hydrogens (tertiary/aromatic N) is 1. The quantitative estimate of drug-likeness (QED) is 0.672. The van der Waals surface area contributed by atoms with Crippen molar-refractivity contribution in [2.75, 3.05) is 24.3 Å². The summed E-state index contributed by atoms with van der Waals surface area (Å²) < 4.78 is 4.87. The Hall–Kier alpha value is -1.71. The third-order valence-electron chi connectivity index (χ3n) is 3.80. The van der Waals surface area contributed by atoms with Crippen LogP contribution in [0.2, 0.25) is 0 Å². The van der Waals surface area contributed by atoms with Gasteiger partial charge in [0.05, 0.1) is 18.4 Å². The van der Waals surface area contributed by atoms with Crippen molar-refractivity contribution in [1.29, 1.82) is 0 Å². The lowest BCUT2D eigenvalue weighted by atomic mass is 10.0. The molecule has 1 fully saturated rings.